The van der Waals surface area contributed by atoms with Gasteiger partial charge in [-0.15, -0.1) is 0 Å². The van der Waals surface area contributed by atoms with Gasteiger partial charge in [-0.2, -0.15) is 5.26 Å². The molecule has 2 atom stereocenters. The molecule has 0 N–H and O–H groups in total. The van der Waals surface area contributed by atoms with Crippen molar-refractivity contribution in [2.24, 2.45) is 11.8 Å². The summed E-state index contributed by atoms with van der Waals surface area (Å²) in [4.78, 5) is 2.39. The molecule has 1 heterocycles. The first kappa shape index (κ1) is 9.54. The van der Waals surface area contributed by atoms with Gasteiger partial charge in [0.1, 0.15) is 0 Å². The summed E-state index contributed by atoms with van der Waals surface area (Å²) in [5.74, 6) is 0.972. The van der Waals surface area contributed by atoms with E-state index in [2.05, 4.69) is 31.9 Å². The maximum Gasteiger partial charge on any atom is 0.0656 e. The number of nitriles is 1. The Hall–Kier alpha value is -0.550. The fourth-order valence-corrected chi connectivity index (χ4v) is 2.01. The third-order valence-electron chi connectivity index (χ3n) is 2.87. The second-order valence-electron chi connectivity index (χ2n) is 4.14. The summed E-state index contributed by atoms with van der Waals surface area (Å²) >= 11 is 0. The average Bonchev–Trinajstić information content (AvgIpc) is 2.05. The highest BCUT2D eigenvalue weighted by Crippen LogP contribution is 2.25. The van der Waals surface area contributed by atoms with Gasteiger partial charge in [-0.1, -0.05) is 13.8 Å². The van der Waals surface area contributed by atoms with Crippen molar-refractivity contribution in [2.45, 2.75) is 32.7 Å². The highest BCUT2D eigenvalue weighted by Gasteiger charge is 2.27. The Kier molecular flexibility index (Phi) is 3.11. The smallest absolute Gasteiger partial charge is 0.0656 e. The Morgan fingerprint density at radius 1 is 1.50 bits per heavy atom. The molecule has 2 nitrogen and oxygen atoms in total. The van der Waals surface area contributed by atoms with E-state index < -0.39 is 0 Å². The summed E-state index contributed by atoms with van der Waals surface area (Å²) in [6, 6.07) is 3.00. The minimum atomic E-state index is 0.300. The summed E-state index contributed by atoms with van der Waals surface area (Å²) < 4.78 is 0. The lowest BCUT2D eigenvalue weighted by Gasteiger charge is -2.37. The van der Waals surface area contributed by atoms with Gasteiger partial charge in [0.2, 0.25) is 0 Å². The Morgan fingerprint density at radius 2 is 2.17 bits per heavy atom. The van der Waals surface area contributed by atoms with Crippen molar-refractivity contribution in [3.8, 4) is 6.07 Å². The molecule has 0 aliphatic carbocycles. The van der Waals surface area contributed by atoms with Gasteiger partial charge in [0.05, 0.1) is 6.07 Å². The number of piperidine rings is 1. The van der Waals surface area contributed by atoms with Gasteiger partial charge in [0.15, 0.2) is 0 Å². The van der Waals surface area contributed by atoms with Crippen LogP contribution in [-0.4, -0.2) is 24.5 Å². The lowest BCUT2D eigenvalue weighted by Crippen LogP contribution is -2.42. The lowest BCUT2D eigenvalue weighted by molar-refractivity contribution is 0.124. The largest absolute Gasteiger partial charge is 0.303 e. The van der Waals surface area contributed by atoms with Gasteiger partial charge in [0.25, 0.3) is 0 Å². The molecule has 2 heteroatoms. The van der Waals surface area contributed by atoms with Crippen molar-refractivity contribution < 1.29 is 0 Å². The maximum absolute atomic E-state index is 8.81. The topological polar surface area (TPSA) is 27.0 Å². The molecule has 0 saturated carbocycles. The zero-order valence-electron chi connectivity index (χ0n) is 8.25. The van der Waals surface area contributed by atoms with Crippen LogP contribution in [-0.2, 0) is 0 Å². The summed E-state index contributed by atoms with van der Waals surface area (Å²) in [7, 11) is 2.16. The van der Waals surface area contributed by atoms with Crippen LogP contribution in [0.2, 0.25) is 0 Å². The van der Waals surface area contributed by atoms with Gasteiger partial charge in [-0.3, -0.25) is 0 Å². The van der Waals surface area contributed by atoms with E-state index in [-0.39, 0.29) is 0 Å². The monoisotopic (exact) mass is 166 g/mol. The molecule has 68 valence electrons. The normalized spacial score (nSPS) is 31.9. The van der Waals surface area contributed by atoms with Crippen LogP contribution in [0.3, 0.4) is 0 Å². The van der Waals surface area contributed by atoms with E-state index >= 15 is 0 Å². The quantitative estimate of drug-likeness (QED) is 0.594. The van der Waals surface area contributed by atoms with E-state index in [9.17, 15) is 0 Å². The number of rotatable bonds is 1. The van der Waals surface area contributed by atoms with E-state index in [1.54, 1.807) is 0 Å². The van der Waals surface area contributed by atoms with Crippen molar-refractivity contribution >= 4 is 0 Å². The summed E-state index contributed by atoms with van der Waals surface area (Å²) in [5.41, 5.74) is 0. The molecule has 0 bridgehead atoms. The molecule has 1 rings (SSSR count). The highest BCUT2D eigenvalue weighted by atomic mass is 15.1. The van der Waals surface area contributed by atoms with Crippen molar-refractivity contribution in [3.63, 3.8) is 0 Å². The second kappa shape index (κ2) is 3.91. The lowest BCUT2D eigenvalue weighted by atomic mass is 9.87. The molecule has 2 unspecified atom stereocenters. The van der Waals surface area contributed by atoms with Gasteiger partial charge >= 0.3 is 0 Å². The predicted molar refractivity (Wildman–Crippen MR) is 49.6 cm³/mol. The maximum atomic E-state index is 8.81. The molecule has 1 fully saturated rings. The first-order valence-electron chi connectivity index (χ1n) is 4.75. The summed E-state index contributed by atoms with van der Waals surface area (Å²) in [6.45, 7) is 5.56. The molecule has 0 aromatic carbocycles. The van der Waals surface area contributed by atoms with Crippen molar-refractivity contribution in [1.82, 2.24) is 4.90 Å². The molecule has 1 aliphatic heterocycles. The number of hydrogen-bond acceptors (Lipinski definition) is 2. The van der Waals surface area contributed by atoms with Gasteiger partial charge in [-0.05, 0) is 32.4 Å². The van der Waals surface area contributed by atoms with E-state index in [1.807, 2.05) is 0 Å². The standard InChI is InChI=1S/C10H18N2/c1-8(2)10-6-9(7-11)4-5-12(10)3/h8-10H,4-6H2,1-3H3. The van der Waals surface area contributed by atoms with Gasteiger partial charge in [0, 0.05) is 12.0 Å². The van der Waals surface area contributed by atoms with Crippen LogP contribution in [0.4, 0.5) is 0 Å². The molecular weight excluding hydrogens is 148 g/mol. The van der Waals surface area contributed by atoms with E-state index in [4.69, 9.17) is 5.26 Å². The molecule has 0 radical (unpaired) electrons. The van der Waals surface area contributed by atoms with Crippen molar-refractivity contribution in [2.75, 3.05) is 13.6 Å². The van der Waals surface area contributed by atoms with E-state index in [0.717, 1.165) is 19.4 Å². The Labute approximate surface area is 75.2 Å². The molecule has 0 aromatic heterocycles. The molecule has 0 amide bonds. The molecule has 1 saturated heterocycles. The van der Waals surface area contributed by atoms with Crippen LogP contribution < -0.4 is 0 Å². The van der Waals surface area contributed by atoms with Crippen LogP contribution in [0, 0.1) is 23.2 Å². The third-order valence-corrected chi connectivity index (χ3v) is 2.87. The van der Waals surface area contributed by atoms with Crippen molar-refractivity contribution in [3.05, 3.63) is 0 Å². The SMILES string of the molecule is CC(C)C1CC(C#N)CCN1C. The number of nitrogens with zero attached hydrogens (tertiary/aromatic N) is 2. The predicted octanol–water partition coefficient (Wildman–Crippen LogP) is 1.88. The zero-order valence-corrected chi connectivity index (χ0v) is 8.25. The Bertz CT molecular complexity index is 181. The van der Waals surface area contributed by atoms with Gasteiger partial charge in [-0.25, -0.2) is 0 Å². The first-order valence-corrected chi connectivity index (χ1v) is 4.75. The van der Waals surface area contributed by atoms with Crippen LogP contribution >= 0.6 is 0 Å². The average molecular weight is 166 g/mol. The Morgan fingerprint density at radius 3 is 2.67 bits per heavy atom. The molecule has 0 aromatic rings. The van der Waals surface area contributed by atoms with Crippen LogP contribution in [0.15, 0.2) is 0 Å². The summed E-state index contributed by atoms with van der Waals surface area (Å²) in [6.07, 6.45) is 2.11. The van der Waals surface area contributed by atoms with Gasteiger partial charge < -0.3 is 4.90 Å². The Balaban J connectivity index is 2.54. The second-order valence-corrected chi connectivity index (χ2v) is 4.14. The molecule has 0 spiro atoms. The van der Waals surface area contributed by atoms with Crippen molar-refractivity contribution in [1.29, 1.82) is 5.26 Å². The first-order chi connectivity index (χ1) is 5.65. The minimum absolute atomic E-state index is 0.300. The minimum Gasteiger partial charge on any atom is -0.303 e. The molecule has 12 heavy (non-hydrogen) atoms. The molecule has 1 aliphatic rings. The summed E-state index contributed by atoms with van der Waals surface area (Å²) in [5, 5.41) is 8.81. The third kappa shape index (κ3) is 1.98. The highest BCUT2D eigenvalue weighted by molar-refractivity contribution is 4.92. The molecular formula is C10H18N2. The zero-order chi connectivity index (χ0) is 9.14. The van der Waals surface area contributed by atoms with E-state index in [1.165, 1.54) is 0 Å². The number of likely N-dealkylation sites (tertiary alicyclic amines) is 1. The fraction of sp³-hybridized carbons (Fsp3) is 0.900. The number of hydrogen-bond donors (Lipinski definition) is 0. The van der Waals surface area contributed by atoms with Crippen LogP contribution in [0.25, 0.3) is 0 Å². The van der Waals surface area contributed by atoms with E-state index in [0.29, 0.717) is 17.9 Å². The fourth-order valence-electron chi connectivity index (χ4n) is 2.01. The van der Waals surface area contributed by atoms with Crippen LogP contribution in [0.5, 0.6) is 0 Å². The van der Waals surface area contributed by atoms with Crippen LogP contribution in [0.1, 0.15) is 26.7 Å².